The van der Waals surface area contributed by atoms with Crippen LogP contribution in [0.3, 0.4) is 0 Å². The Morgan fingerprint density at radius 1 is 1.28 bits per heavy atom. The van der Waals surface area contributed by atoms with Gasteiger partial charge < -0.3 is 15.7 Å². The van der Waals surface area contributed by atoms with Gasteiger partial charge in [0.15, 0.2) is 0 Å². The van der Waals surface area contributed by atoms with Crippen LogP contribution in [0.25, 0.3) is 0 Å². The van der Waals surface area contributed by atoms with Crippen LogP contribution in [0, 0.1) is 0 Å². The molecule has 1 aromatic rings. The van der Waals surface area contributed by atoms with Crippen molar-refractivity contribution in [1.29, 1.82) is 0 Å². The molecule has 0 saturated carbocycles. The van der Waals surface area contributed by atoms with E-state index in [4.69, 9.17) is 0 Å². The lowest BCUT2D eigenvalue weighted by Crippen LogP contribution is -2.54. The van der Waals surface area contributed by atoms with Gasteiger partial charge >= 0.3 is 0 Å². The van der Waals surface area contributed by atoms with E-state index in [1.807, 2.05) is 19.1 Å². The quantitative estimate of drug-likeness (QED) is 0.768. The molecule has 2 rings (SSSR count). The van der Waals surface area contributed by atoms with Crippen LogP contribution in [0.2, 0.25) is 0 Å². The second-order valence-corrected chi connectivity index (χ2v) is 6.52. The van der Waals surface area contributed by atoms with E-state index in [2.05, 4.69) is 43.5 Å². The van der Waals surface area contributed by atoms with Crippen molar-refractivity contribution in [1.82, 2.24) is 5.32 Å². The molecule has 0 bridgehead atoms. The molecule has 18 heavy (non-hydrogen) atoms. The summed E-state index contributed by atoms with van der Waals surface area (Å²) in [6.45, 7) is 8.82. The molecule has 3 heteroatoms. The third-order valence-electron chi connectivity index (χ3n) is 3.50. The SMILES string of the molecule is CC(C)(C)NCC(C)(O)C1Cc2ccccc2N1. The number of aliphatic hydroxyl groups is 1. The first-order valence-electron chi connectivity index (χ1n) is 6.60. The van der Waals surface area contributed by atoms with Crippen molar-refractivity contribution in [2.24, 2.45) is 0 Å². The maximum atomic E-state index is 10.6. The first-order chi connectivity index (χ1) is 8.28. The predicted octanol–water partition coefficient (Wildman–Crippen LogP) is 2.16. The van der Waals surface area contributed by atoms with Gasteiger partial charge in [-0.1, -0.05) is 18.2 Å². The zero-order chi connectivity index (χ0) is 13.4. The van der Waals surface area contributed by atoms with Crippen molar-refractivity contribution < 1.29 is 5.11 Å². The third kappa shape index (κ3) is 3.03. The van der Waals surface area contributed by atoms with Crippen molar-refractivity contribution in [3.8, 4) is 0 Å². The Morgan fingerprint density at radius 3 is 2.56 bits per heavy atom. The summed E-state index contributed by atoms with van der Waals surface area (Å²) >= 11 is 0. The Bertz CT molecular complexity index is 396. The smallest absolute Gasteiger partial charge is 0.0946 e. The summed E-state index contributed by atoms with van der Waals surface area (Å²) in [6, 6.07) is 8.34. The number of fused-ring (bicyclic) bond motifs is 1. The molecule has 3 nitrogen and oxygen atoms in total. The molecule has 2 atom stereocenters. The van der Waals surface area contributed by atoms with Crippen LogP contribution in [-0.2, 0) is 6.42 Å². The summed E-state index contributed by atoms with van der Waals surface area (Å²) in [5.41, 5.74) is 1.71. The monoisotopic (exact) mass is 248 g/mol. The molecule has 1 aromatic carbocycles. The van der Waals surface area contributed by atoms with E-state index in [1.165, 1.54) is 5.56 Å². The number of anilines is 1. The Labute approximate surface area is 110 Å². The lowest BCUT2D eigenvalue weighted by Gasteiger charge is -2.34. The standard InChI is InChI=1S/C15H24N2O/c1-14(2,3)16-10-15(4,18)13-9-11-7-5-6-8-12(11)17-13/h5-8,13,16-18H,9-10H2,1-4H3. The average molecular weight is 248 g/mol. The van der Waals surface area contributed by atoms with E-state index in [9.17, 15) is 5.11 Å². The maximum Gasteiger partial charge on any atom is 0.0946 e. The molecular weight excluding hydrogens is 224 g/mol. The van der Waals surface area contributed by atoms with Gasteiger partial charge in [-0.25, -0.2) is 0 Å². The largest absolute Gasteiger partial charge is 0.387 e. The minimum atomic E-state index is -0.758. The number of rotatable bonds is 3. The van der Waals surface area contributed by atoms with Gasteiger partial charge in [0.1, 0.15) is 0 Å². The third-order valence-corrected chi connectivity index (χ3v) is 3.50. The van der Waals surface area contributed by atoms with Gasteiger partial charge in [-0.05, 0) is 45.7 Å². The van der Waals surface area contributed by atoms with Gasteiger partial charge in [-0.15, -0.1) is 0 Å². The van der Waals surface area contributed by atoms with Crippen LogP contribution in [0.5, 0.6) is 0 Å². The van der Waals surface area contributed by atoms with Crippen molar-refractivity contribution in [3.63, 3.8) is 0 Å². The van der Waals surface area contributed by atoms with Crippen molar-refractivity contribution >= 4 is 5.69 Å². The molecule has 100 valence electrons. The topological polar surface area (TPSA) is 44.3 Å². The summed E-state index contributed by atoms with van der Waals surface area (Å²) in [7, 11) is 0. The minimum absolute atomic E-state index is 0.0233. The molecule has 0 aliphatic carbocycles. The van der Waals surface area contributed by atoms with Crippen LogP contribution < -0.4 is 10.6 Å². The summed E-state index contributed by atoms with van der Waals surface area (Å²) in [5, 5.41) is 17.4. The van der Waals surface area contributed by atoms with Crippen LogP contribution in [-0.4, -0.2) is 28.8 Å². The second kappa shape index (κ2) is 4.56. The molecule has 3 N–H and O–H groups in total. The molecule has 1 aliphatic heterocycles. The van der Waals surface area contributed by atoms with E-state index in [0.717, 1.165) is 12.1 Å². The first kappa shape index (κ1) is 13.4. The fourth-order valence-electron chi connectivity index (χ4n) is 2.24. The van der Waals surface area contributed by atoms with Crippen molar-refractivity contribution in [3.05, 3.63) is 29.8 Å². The highest BCUT2D eigenvalue weighted by Gasteiger charge is 2.36. The van der Waals surface area contributed by atoms with Gasteiger partial charge in [0.2, 0.25) is 0 Å². The Kier molecular flexibility index (Phi) is 3.39. The summed E-state index contributed by atoms with van der Waals surface area (Å²) in [5.74, 6) is 0. The molecule has 1 heterocycles. The Morgan fingerprint density at radius 2 is 1.94 bits per heavy atom. The highest BCUT2D eigenvalue weighted by Crippen LogP contribution is 2.30. The lowest BCUT2D eigenvalue weighted by molar-refractivity contribution is 0.0358. The van der Waals surface area contributed by atoms with E-state index >= 15 is 0 Å². The van der Waals surface area contributed by atoms with Crippen molar-refractivity contribution in [2.45, 2.75) is 51.3 Å². The lowest BCUT2D eigenvalue weighted by atomic mass is 9.92. The number of nitrogens with one attached hydrogen (secondary N) is 2. The fourth-order valence-corrected chi connectivity index (χ4v) is 2.24. The number of hydrogen-bond donors (Lipinski definition) is 3. The molecule has 2 unspecified atom stereocenters. The molecule has 1 aliphatic rings. The van der Waals surface area contributed by atoms with Crippen LogP contribution in [0.15, 0.2) is 24.3 Å². The van der Waals surface area contributed by atoms with Gasteiger partial charge in [0, 0.05) is 17.8 Å². The Balaban J connectivity index is 2.01. The zero-order valence-electron chi connectivity index (χ0n) is 11.7. The predicted molar refractivity (Wildman–Crippen MR) is 75.9 cm³/mol. The van der Waals surface area contributed by atoms with Gasteiger partial charge in [-0.2, -0.15) is 0 Å². The van der Waals surface area contributed by atoms with Gasteiger partial charge in [0.05, 0.1) is 11.6 Å². The molecule has 0 fully saturated rings. The van der Waals surface area contributed by atoms with Crippen LogP contribution >= 0.6 is 0 Å². The number of hydrogen-bond acceptors (Lipinski definition) is 3. The van der Waals surface area contributed by atoms with E-state index < -0.39 is 5.60 Å². The second-order valence-electron chi connectivity index (χ2n) is 6.52. The minimum Gasteiger partial charge on any atom is -0.387 e. The highest BCUT2D eigenvalue weighted by molar-refractivity contribution is 5.57. The molecule has 0 spiro atoms. The highest BCUT2D eigenvalue weighted by atomic mass is 16.3. The van der Waals surface area contributed by atoms with E-state index in [0.29, 0.717) is 6.54 Å². The summed E-state index contributed by atoms with van der Waals surface area (Å²) < 4.78 is 0. The molecule has 0 saturated heterocycles. The first-order valence-corrected chi connectivity index (χ1v) is 6.60. The normalized spacial score (nSPS) is 22.2. The molecule has 0 aromatic heterocycles. The van der Waals surface area contributed by atoms with Crippen LogP contribution in [0.4, 0.5) is 5.69 Å². The average Bonchev–Trinajstić information content (AvgIpc) is 2.70. The number of β-amino-alcohol motifs (C(OH)–C–C–N with tert-alkyl or cyclic N) is 1. The molecule has 0 radical (unpaired) electrons. The Hall–Kier alpha value is -1.06. The molecular formula is C15H24N2O. The zero-order valence-corrected chi connectivity index (χ0v) is 11.7. The number of benzene rings is 1. The number of para-hydroxylation sites is 1. The summed E-state index contributed by atoms with van der Waals surface area (Å²) in [6.07, 6.45) is 0.884. The summed E-state index contributed by atoms with van der Waals surface area (Å²) in [4.78, 5) is 0. The van der Waals surface area contributed by atoms with E-state index in [-0.39, 0.29) is 11.6 Å². The van der Waals surface area contributed by atoms with E-state index in [1.54, 1.807) is 0 Å². The van der Waals surface area contributed by atoms with Gasteiger partial charge in [0.25, 0.3) is 0 Å². The molecule has 0 amide bonds. The fraction of sp³-hybridized carbons (Fsp3) is 0.600. The van der Waals surface area contributed by atoms with Gasteiger partial charge in [-0.3, -0.25) is 0 Å². The maximum absolute atomic E-state index is 10.6. The van der Waals surface area contributed by atoms with Crippen molar-refractivity contribution in [2.75, 3.05) is 11.9 Å². The van der Waals surface area contributed by atoms with Crippen LogP contribution in [0.1, 0.15) is 33.3 Å².